The lowest BCUT2D eigenvalue weighted by atomic mass is 10.0. The zero-order valence-electron chi connectivity index (χ0n) is 56.7. The SMILES string of the molecule is CC/C=C\C/C=C\C/C=C\C/C=C\C/C=C\CCCCCCCCCCCCCCCCCCCCCC(=O)NC(COP(=O)(O)OCC[N+](C)(C)C)C(O)CCCCCCCCCCCCCCCCCCCCCCCCCCCCC. The van der Waals surface area contributed by atoms with E-state index in [9.17, 15) is 19.4 Å². The third kappa shape index (κ3) is 67.7. The summed E-state index contributed by atoms with van der Waals surface area (Å²) in [5.74, 6) is -0.138. The Morgan fingerprint density at radius 3 is 1.05 bits per heavy atom. The van der Waals surface area contributed by atoms with Gasteiger partial charge in [-0.3, -0.25) is 13.8 Å². The molecule has 84 heavy (non-hydrogen) atoms. The molecular formula is C75H144N2O6P+. The van der Waals surface area contributed by atoms with Crippen molar-refractivity contribution in [2.45, 2.75) is 373 Å². The van der Waals surface area contributed by atoms with Crippen LogP contribution < -0.4 is 5.32 Å². The first kappa shape index (κ1) is 82.2. The van der Waals surface area contributed by atoms with Gasteiger partial charge in [-0.1, -0.05) is 357 Å². The Labute approximate surface area is 523 Å². The van der Waals surface area contributed by atoms with E-state index in [1.165, 1.54) is 263 Å². The first-order valence-corrected chi connectivity index (χ1v) is 38.1. The highest BCUT2D eigenvalue weighted by molar-refractivity contribution is 7.47. The second-order valence-electron chi connectivity index (χ2n) is 26.3. The molecule has 8 nitrogen and oxygen atoms in total. The molecule has 0 saturated carbocycles. The molecule has 0 aliphatic carbocycles. The number of phosphoric acid groups is 1. The minimum absolute atomic E-state index is 0.0757. The molecule has 9 heteroatoms. The summed E-state index contributed by atoms with van der Waals surface area (Å²) in [6, 6.07) is -0.763. The van der Waals surface area contributed by atoms with Crippen LogP contribution in [0.1, 0.15) is 361 Å². The minimum Gasteiger partial charge on any atom is -0.391 e. The van der Waals surface area contributed by atoms with E-state index >= 15 is 0 Å². The van der Waals surface area contributed by atoms with E-state index in [2.05, 4.69) is 79.9 Å². The molecule has 0 radical (unpaired) electrons. The summed E-state index contributed by atoms with van der Waals surface area (Å²) in [6.45, 7) is 4.83. The lowest BCUT2D eigenvalue weighted by Crippen LogP contribution is -2.46. The average Bonchev–Trinajstić information content (AvgIpc) is 3.56. The molecule has 0 aromatic carbocycles. The van der Waals surface area contributed by atoms with Gasteiger partial charge in [-0.15, -0.1) is 0 Å². The summed E-state index contributed by atoms with van der Waals surface area (Å²) < 4.78 is 23.9. The molecule has 0 aromatic rings. The second kappa shape index (κ2) is 65.6. The van der Waals surface area contributed by atoms with Crippen LogP contribution in [0.3, 0.4) is 0 Å². The van der Waals surface area contributed by atoms with Crippen molar-refractivity contribution in [1.82, 2.24) is 5.32 Å². The monoisotopic (exact) mass is 1200 g/mol. The van der Waals surface area contributed by atoms with Gasteiger partial charge in [0.2, 0.25) is 5.91 Å². The third-order valence-electron chi connectivity index (χ3n) is 16.8. The van der Waals surface area contributed by atoms with E-state index in [0.717, 1.165) is 70.6 Å². The average molecular weight is 1200 g/mol. The van der Waals surface area contributed by atoms with Gasteiger partial charge < -0.3 is 19.8 Å². The molecule has 0 fully saturated rings. The molecule has 0 heterocycles. The Morgan fingerprint density at radius 1 is 0.417 bits per heavy atom. The molecule has 3 N–H and O–H groups in total. The molecule has 1 amide bonds. The van der Waals surface area contributed by atoms with Crippen molar-refractivity contribution in [2.75, 3.05) is 40.9 Å². The summed E-state index contributed by atoms with van der Waals surface area (Å²) in [6.07, 6.45) is 90.5. The predicted octanol–water partition coefficient (Wildman–Crippen LogP) is 23.6. The first-order valence-electron chi connectivity index (χ1n) is 36.7. The lowest BCUT2D eigenvalue weighted by molar-refractivity contribution is -0.870. The number of hydrogen-bond donors (Lipinski definition) is 3. The number of unbranched alkanes of at least 4 members (excludes halogenated alkanes) is 45. The molecular weight excluding hydrogens is 1060 g/mol. The van der Waals surface area contributed by atoms with Gasteiger partial charge in [0, 0.05) is 6.42 Å². The maximum atomic E-state index is 13.1. The molecule has 494 valence electrons. The van der Waals surface area contributed by atoms with E-state index in [-0.39, 0.29) is 19.1 Å². The molecule has 0 spiro atoms. The Hall–Kier alpha value is -1.80. The van der Waals surface area contributed by atoms with Crippen molar-refractivity contribution >= 4 is 13.7 Å². The van der Waals surface area contributed by atoms with Gasteiger partial charge in [0.05, 0.1) is 39.9 Å². The van der Waals surface area contributed by atoms with Crippen LogP contribution in [0.4, 0.5) is 0 Å². The zero-order chi connectivity index (χ0) is 61.2. The number of hydrogen-bond acceptors (Lipinski definition) is 5. The van der Waals surface area contributed by atoms with E-state index in [1.807, 2.05) is 21.1 Å². The van der Waals surface area contributed by atoms with Crippen molar-refractivity contribution in [3.8, 4) is 0 Å². The van der Waals surface area contributed by atoms with E-state index in [1.54, 1.807) is 0 Å². The minimum atomic E-state index is -4.33. The van der Waals surface area contributed by atoms with Crippen molar-refractivity contribution in [3.05, 3.63) is 60.8 Å². The number of allylic oxidation sites excluding steroid dienone is 10. The van der Waals surface area contributed by atoms with Crippen LogP contribution >= 0.6 is 7.82 Å². The number of rotatable bonds is 68. The van der Waals surface area contributed by atoms with Crippen molar-refractivity contribution < 1.29 is 32.9 Å². The van der Waals surface area contributed by atoms with Gasteiger partial charge >= 0.3 is 7.82 Å². The maximum Gasteiger partial charge on any atom is 0.472 e. The van der Waals surface area contributed by atoms with E-state index in [4.69, 9.17) is 9.05 Å². The number of amides is 1. The number of aliphatic hydroxyl groups excluding tert-OH is 1. The number of aliphatic hydroxyl groups is 1. The summed E-state index contributed by atoms with van der Waals surface area (Å²) in [4.78, 5) is 23.5. The van der Waals surface area contributed by atoms with Crippen LogP contribution in [-0.2, 0) is 18.4 Å². The van der Waals surface area contributed by atoms with Crippen molar-refractivity contribution in [1.29, 1.82) is 0 Å². The van der Waals surface area contributed by atoms with Gasteiger partial charge in [-0.05, 0) is 57.8 Å². The van der Waals surface area contributed by atoms with Crippen LogP contribution in [0.15, 0.2) is 60.8 Å². The lowest BCUT2D eigenvalue weighted by Gasteiger charge is -2.26. The van der Waals surface area contributed by atoms with Crippen LogP contribution in [0.25, 0.3) is 0 Å². The van der Waals surface area contributed by atoms with Crippen LogP contribution in [0, 0.1) is 0 Å². The van der Waals surface area contributed by atoms with Gasteiger partial charge in [0.25, 0.3) is 0 Å². The number of carbonyl (C=O) groups excluding carboxylic acids is 1. The van der Waals surface area contributed by atoms with Crippen LogP contribution in [0.5, 0.6) is 0 Å². The second-order valence-corrected chi connectivity index (χ2v) is 27.8. The van der Waals surface area contributed by atoms with E-state index in [0.29, 0.717) is 23.9 Å². The first-order chi connectivity index (χ1) is 41.0. The Balaban J connectivity index is 3.98. The van der Waals surface area contributed by atoms with Gasteiger partial charge in [0.15, 0.2) is 0 Å². The molecule has 0 aromatic heterocycles. The quantitative estimate of drug-likeness (QED) is 0.0243. The fourth-order valence-electron chi connectivity index (χ4n) is 11.1. The van der Waals surface area contributed by atoms with Gasteiger partial charge in [-0.2, -0.15) is 0 Å². The molecule has 3 unspecified atom stereocenters. The molecule has 0 aliphatic rings. The Kier molecular flexibility index (Phi) is 64.2. The smallest absolute Gasteiger partial charge is 0.391 e. The number of quaternary nitrogens is 1. The number of carbonyl (C=O) groups is 1. The summed E-state index contributed by atoms with van der Waals surface area (Å²) >= 11 is 0. The molecule has 0 saturated heterocycles. The van der Waals surface area contributed by atoms with Gasteiger partial charge in [0.1, 0.15) is 13.2 Å². The van der Waals surface area contributed by atoms with Crippen molar-refractivity contribution in [2.24, 2.45) is 0 Å². The maximum absolute atomic E-state index is 13.1. The van der Waals surface area contributed by atoms with Crippen LogP contribution in [0.2, 0.25) is 0 Å². The highest BCUT2D eigenvalue weighted by Crippen LogP contribution is 2.43. The van der Waals surface area contributed by atoms with Crippen molar-refractivity contribution in [3.63, 3.8) is 0 Å². The molecule has 0 aliphatic heterocycles. The third-order valence-corrected chi connectivity index (χ3v) is 17.8. The molecule has 0 rings (SSSR count). The topological polar surface area (TPSA) is 105 Å². The van der Waals surface area contributed by atoms with E-state index < -0.39 is 20.0 Å². The van der Waals surface area contributed by atoms with Crippen LogP contribution in [-0.4, -0.2) is 73.4 Å². The zero-order valence-corrected chi connectivity index (χ0v) is 57.5. The predicted molar refractivity (Wildman–Crippen MR) is 369 cm³/mol. The highest BCUT2D eigenvalue weighted by Gasteiger charge is 2.28. The summed E-state index contributed by atoms with van der Waals surface area (Å²) in [7, 11) is 1.63. The fraction of sp³-hybridized carbons (Fsp3) is 0.853. The number of nitrogens with zero attached hydrogens (tertiary/aromatic N) is 1. The Morgan fingerprint density at radius 2 is 0.714 bits per heavy atom. The fourth-order valence-corrected chi connectivity index (χ4v) is 11.9. The highest BCUT2D eigenvalue weighted by atomic mass is 31.2. The molecule has 0 bridgehead atoms. The largest absolute Gasteiger partial charge is 0.472 e. The summed E-state index contributed by atoms with van der Waals surface area (Å²) in [5, 5.41) is 14.2. The standard InChI is InChI=1S/C75H143N2O6P/c1-6-8-10-12-14-16-18-20-22-24-26-28-30-32-34-35-36-37-38-39-40-41-43-45-47-49-51-53-55-57-59-61-63-65-67-69-75(79)76-73(72-83-84(80,81)82-71-70-77(3,4)5)74(78)68-66-64-62-60-58-56-54-52-50-48-46-44-42-33-31-29-27-25-23-21-19-17-15-13-11-9-7-2/h8,10,14,16,20,22,26,28,32,34,73-74,78H,6-7,9,11-13,15,17-19,21,23-25,27,29-31,33,35-72H2,1-5H3,(H-,76,79,80,81)/p+1/b10-8-,16-14-,22-20-,28-26-,34-32-. The van der Waals surface area contributed by atoms with Gasteiger partial charge in [-0.25, -0.2) is 4.57 Å². The summed E-state index contributed by atoms with van der Waals surface area (Å²) in [5.41, 5.74) is 0. The number of nitrogens with one attached hydrogen (secondary N) is 1. The number of likely N-dealkylation sites (N-methyl/N-ethyl adjacent to an activating group) is 1. The molecule has 3 atom stereocenters. The number of phosphoric ester groups is 1. The normalized spacial score (nSPS) is 13.9. The Bertz CT molecular complexity index is 1550.